The Morgan fingerprint density at radius 3 is 2.82 bits per heavy atom. The molecule has 1 aromatic carbocycles. The number of nitrogen functional groups attached to an aromatic ring is 1. The summed E-state index contributed by atoms with van der Waals surface area (Å²) in [6.07, 6.45) is 0. The van der Waals surface area contributed by atoms with Crippen LogP contribution in [0.15, 0.2) is 17.5 Å². The van der Waals surface area contributed by atoms with E-state index in [0.717, 1.165) is 16.8 Å². The molecule has 17 heavy (non-hydrogen) atoms. The molecule has 0 bridgehead atoms. The molecule has 2 rings (SSSR count). The number of nitrogens with zero attached hydrogens (tertiary/aromatic N) is 1. The number of rotatable bonds is 3. The van der Waals surface area contributed by atoms with Gasteiger partial charge in [-0.3, -0.25) is 0 Å². The smallest absolute Gasteiger partial charge is 0.183 e. The first-order valence-corrected chi connectivity index (χ1v) is 5.84. The van der Waals surface area contributed by atoms with Gasteiger partial charge in [0.25, 0.3) is 0 Å². The highest BCUT2D eigenvalue weighted by Gasteiger charge is 2.11. The number of hydrogen-bond acceptors (Lipinski definition) is 4. The van der Waals surface area contributed by atoms with Crippen LogP contribution >= 0.6 is 11.3 Å². The molecule has 0 atom stereocenters. The maximum atomic E-state index is 13.4. The monoisotopic (exact) mass is 255 g/mol. The van der Waals surface area contributed by atoms with Crippen molar-refractivity contribution >= 4 is 22.7 Å². The summed E-state index contributed by atoms with van der Waals surface area (Å²) in [5.74, 6) is -1.88. The molecular weight excluding hydrogens is 244 g/mol. The van der Waals surface area contributed by atoms with Crippen LogP contribution in [0.5, 0.6) is 0 Å². The second-order valence-electron chi connectivity index (χ2n) is 3.56. The molecule has 3 nitrogen and oxygen atoms in total. The van der Waals surface area contributed by atoms with Gasteiger partial charge in [0.1, 0.15) is 5.01 Å². The molecule has 0 saturated heterocycles. The van der Waals surface area contributed by atoms with Gasteiger partial charge in [0.2, 0.25) is 0 Å². The SMILES string of the molecule is Cc1csc(CNc2c(N)ccc(F)c2F)n1. The van der Waals surface area contributed by atoms with Crippen LogP contribution in [0.3, 0.4) is 0 Å². The van der Waals surface area contributed by atoms with Crippen LogP contribution in [-0.2, 0) is 6.54 Å². The molecule has 0 aliphatic heterocycles. The van der Waals surface area contributed by atoms with E-state index >= 15 is 0 Å². The number of nitrogens with one attached hydrogen (secondary N) is 1. The second-order valence-corrected chi connectivity index (χ2v) is 4.50. The average Bonchev–Trinajstić information content (AvgIpc) is 2.70. The zero-order valence-electron chi connectivity index (χ0n) is 9.13. The molecule has 1 aromatic heterocycles. The number of anilines is 2. The van der Waals surface area contributed by atoms with Gasteiger partial charge in [0.15, 0.2) is 11.6 Å². The number of aryl methyl sites for hydroxylation is 1. The second kappa shape index (κ2) is 4.67. The first-order chi connectivity index (χ1) is 8.08. The number of thiazole rings is 1. The van der Waals surface area contributed by atoms with Crippen LogP contribution in [0.25, 0.3) is 0 Å². The van der Waals surface area contributed by atoms with E-state index in [2.05, 4.69) is 10.3 Å². The molecule has 90 valence electrons. The normalized spacial score (nSPS) is 10.5. The standard InChI is InChI=1S/C11H11F2N3S/c1-6-5-17-9(16-6)4-15-11-8(14)3-2-7(12)10(11)13/h2-3,5,15H,4,14H2,1H3. The van der Waals surface area contributed by atoms with Gasteiger partial charge < -0.3 is 11.1 Å². The van der Waals surface area contributed by atoms with Crippen LogP contribution < -0.4 is 11.1 Å². The highest BCUT2D eigenvalue weighted by Crippen LogP contribution is 2.25. The van der Waals surface area contributed by atoms with Gasteiger partial charge in [-0.15, -0.1) is 11.3 Å². The van der Waals surface area contributed by atoms with E-state index in [1.807, 2.05) is 12.3 Å². The molecule has 0 spiro atoms. The van der Waals surface area contributed by atoms with E-state index in [0.29, 0.717) is 6.54 Å². The maximum Gasteiger partial charge on any atom is 0.183 e. The molecule has 0 aliphatic carbocycles. The summed E-state index contributed by atoms with van der Waals surface area (Å²) in [6, 6.07) is 2.33. The zero-order valence-corrected chi connectivity index (χ0v) is 9.94. The lowest BCUT2D eigenvalue weighted by atomic mass is 10.2. The minimum atomic E-state index is -0.960. The summed E-state index contributed by atoms with van der Waals surface area (Å²) in [4.78, 5) is 4.21. The van der Waals surface area contributed by atoms with E-state index in [1.165, 1.54) is 17.4 Å². The Morgan fingerprint density at radius 2 is 2.18 bits per heavy atom. The molecule has 1 heterocycles. The lowest BCUT2D eigenvalue weighted by Crippen LogP contribution is -2.06. The minimum Gasteiger partial charge on any atom is -0.397 e. The van der Waals surface area contributed by atoms with E-state index < -0.39 is 11.6 Å². The van der Waals surface area contributed by atoms with Crippen LogP contribution in [0, 0.1) is 18.6 Å². The fraction of sp³-hybridized carbons (Fsp3) is 0.182. The molecule has 0 saturated carbocycles. The fourth-order valence-corrected chi connectivity index (χ4v) is 2.10. The molecule has 6 heteroatoms. The highest BCUT2D eigenvalue weighted by atomic mass is 32.1. The first-order valence-electron chi connectivity index (χ1n) is 4.96. The van der Waals surface area contributed by atoms with Crippen LogP contribution in [-0.4, -0.2) is 4.98 Å². The lowest BCUT2D eigenvalue weighted by Gasteiger charge is -2.09. The molecule has 3 N–H and O–H groups in total. The van der Waals surface area contributed by atoms with Crippen molar-refractivity contribution in [1.29, 1.82) is 0 Å². The van der Waals surface area contributed by atoms with Crippen molar-refractivity contribution in [1.82, 2.24) is 4.98 Å². The van der Waals surface area contributed by atoms with Gasteiger partial charge in [-0.1, -0.05) is 0 Å². The summed E-state index contributed by atoms with van der Waals surface area (Å²) in [7, 11) is 0. The number of aromatic nitrogens is 1. The van der Waals surface area contributed by atoms with Crippen molar-refractivity contribution in [2.24, 2.45) is 0 Å². The van der Waals surface area contributed by atoms with E-state index in [1.54, 1.807) is 0 Å². The molecule has 0 aliphatic rings. The van der Waals surface area contributed by atoms with Crippen molar-refractivity contribution in [3.63, 3.8) is 0 Å². The maximum absolute atomic E-state index is 13.4. The summed E-state index contributed by atoms with van der Waals surface area (Å²) in [6.45, 7) is 2.19. The molecular formula is C11H11F2N3S. The first kappa shape index (κ1) is 11.8. The summed E-state index contributed by atoms with van der Waals surface area (Å²) in [5.41, 5.74) is 6.64. The Morgan fingerprint density at radius 1 is 1.41 bits per heavy atom. The van der Waals surface area contributed by atoms with Gasteiger partial charge in [0.05, 0.1) is 17.9 Å². The third-order valence-electron chi connectivity index (χ3n) is 2.21. The molecule has 0 radical (unpaired) electrons. The van der Waals surface area contributed by atoms with Crippen molar-refractivity contribution < 1.29 is 8.78 Å². The Balaban J connectivity index is 2.16. The number of hydrogen-bond donors (Lipinski definition) is 2. The Bertz CT molecular complexity index is 540. The molecule has 2 aromatic rings. The highest BCUT2D eigenvalue weighted by molar-refractivity contribution is 7.09. The summed E-state index contributed by atoms with van der Waals surface area (Å²) in [5, 5.41) is 5.45. The lowest BCUT2D eigenvalue weighted by molar-refractivity contribution is 0.511. The predicted molar refractivity (Wildman–Crippen MR) is 64.9 cm³/mol. The Labute approximate surface area is 101 Å². The zero-order chi connectivity index (χ0) is 12.4. The molecule has 0 fully saturated rings. The average molecular weight is 255 g/mol. The largest absolute Gasteiger partial charge is 0.397 e. The van der Waals surface area contributed by atoms with Crippen LogP contribution in [0.1, 0.15) is 10.7 Å². The topological polar surface area (TPSA) is 50.9 Å². The van der Waals surface area contributed by atoms with Crippen molar-refractivity contribution in [3.05, 3.63) is 39.8 Å². The van der Waals surface area contributed by atoms with Gasteiger partial charge in [-0.2, -0.15) is 0 Å². The molecule has 0 unspecified atom stereocenters. The minimum absolute atomic E-state index is 0.0159. The third-order valence-corrected chi connectivity index (χ3v) is 3.18. The van der Waals surface area contributed by atoms with Crippen molar-refractivity contribution in [2.75, 3.05) is 11.1 Å². The predicted octanol–water partition coefficient (Wildman–Crippen LogP) is 2.92. The van der Waals surface area contributed by atoms with E-state index in [4.69, 9.17) is 5.73 Å². The number of benzene rings is 1. The van der Waals surface area contributed by atoms with Crippen LogP contribution in [0.4, 0.5) is 20.2 Å². The van der Waals surface area contributed by atoms with E-state index in [9.17, 15) is 8.78 Å². The summed E-state index contributed by atoms with van der Waals surface area (Å²) < 4.78 is 26.4. The molecule has 0 amide bonds. The van der Waals surface area contributed by atoms with Gasteiger partial charge >= 0.3 is 0 Å². The quantitative estimate of drug-likeness (QED) is 0.829. The fourth-order valence-electron chi connectivity index (χ4n) is 1.39. The Kier molecular flexibility index (Phi) is 3.23. The van der Waals surface area contributed by atoms with Gasteiger partial charge in [-0.25, -0.2) is 13.8 Å². The Hall–Kier alpha value is -1.69. The van der Waals surface area contributed by atoms with Gasteiger partial charge in [-0.05, 0) is 19.1 Å². The number of nitrogens with two attached hydrogens (primary N) is 1. The van der Waals surface area contributed by atoms with Gasteiger partial charge in [0, 0.05) is 11.1 Å². The summed E-state index contributed by atoms with van der Waals surface area (Å²) >= 11 is 1.45. The van der Waals surface area contributed by atoms with E-state index in [-0.39, 0.29) is 11.4 Å². The number of halogens is 2. The van der Waals surface area contributed by atoms with Crippen molar-refractivity contribution in [2.45, 2.75) is 13.5 Å². The van der Waals surface area contributed by atoms with Crippen molar-refractivity contribution in [3.8, 4) is 0 Å². The third kappa shape index (κ3) is 2.52. The van der Waals surface area contributed by atoms with Crippen LogP contribution in [0.2, 0.25) is 0 Å².